The summed E-state index contributed by atoms with van der Waals surface area (Å²) in [4.78, 5) is 5.11. The molecule has 0 spiro atoms. The van der Waals surface area contributed by atoms with Crippen molar-refractivity contribution in [2.24, 2.45) is 5.16 Å². The molecule has 3 heteroatoms. The van der Waals surface area contributed by atoms with Crippen LogP contribution in [0.1, 0.15) is 18.9 Å². The van der Waals surface area contributed by atoms with Gasteiger partial charge in [-0.25, -0.2) is 0 Å². The van der Waals surface area contributed by atoms with Gasteiger partial charge in [-0.1, -0.05) is 35.5 Å². The fourth-order valence-corrected chi connectivity index (χ4v) is 0.999. The lowest BCUT2D eigenvalue weighted by Crippen LogP contribution is -1.97. The van der Waals surface area contributed by atoms with E-state index in [0.717, 1.165) is 11.3 Å². The molecule has 14 heavy (non-hydrogen) atoms. The SMILES string of the molecule is C/C(CCO)=N\OCc1ccccc1. The zero-order chi connectivity index (χ0) is 10.2. The summed E-state index contributed by atoms with van der Waals surface area (Å²) < 4.78 is 0. The number of hydrogen-bond donors (Lipinski definition) is 1. The van der Waals surface area contributed by atoms with E-state index in [4.69, 9.17) is 9.94 Å². The highest BCUT2D eigenvalue weighted by Crippen LogP contribution is 2.00. The van der Waals surface area contributed by atoms with E-state index in [1.165, 1.54) is 0 Å². The predicted octanol–water partition coefficient (Wildman–Crippen LogP) is 1.96. The zero-order valence-electron chi connectivity index (χ0n) is 8.31. The smallest absolute Gasteiger partial charge is 0.142 e. The van der Waals surface area contributed by atoms with E-state index in [1.54, 1.807) is 0 Å². The van der Waals surface area contributed by atoms with Crippen LogP contribution in [0.2, 0.25) is 0 Å². The van der Waals surface area contributed by atoms with E-state index in [9.17, 15) is 0 Å². The summed E-state index contributed by atoms with van der Waals surface area (Å²) in [6.07, 6.45) is 0.564. The van der Waals surface area contributed by atoms with Crippen molar-refractivity contribution in [3.05, 3.63) is 35.9 Å². The summed E-state index contributed by atoms with van der Waals surface area (Å²) in [5, 5.41) is 12.5. The molecule has 1 rings (SSSR count). The largest absolute Gasteiger partial charge is 0.396 e. The molecule has 0 saturated heterocycles. The van der Waals surface area contributed by atoms with Gasteiger partial charge < -0.3 is 9.94 Å². The standard InChI is InChI=1S/C11H15NO2/c1-10(7-8-13)12-14-9-11-5-3-2-4-6-11/h2-6,13H,7-9H2,1H3/b12-10+. The molecule has 0 unspecified atom stereocenters. The molecule has 0 bridgehead atoms. The van der Waals surface area contributed by atoms with E-state index in [0.29, 0.717) is 13.0 Å². The topological polar surface area (TPSA) is 41.8 Å². The molecule has 1 aromatic carbocycles. The van der Waals surface area contributed by atoms with Crippen molar-refractivity contribution < 1.29 is 9.94 Å². The van der Waals surface area contributed by atoms with E-state index >= 15 is 0 Å². The molecule has 0 aliphatic carbocycles. The second-order valence-corrected chi connectivity index (χ2v) is 3.06. The van der Waals surface area contributed by atoms with Gasteiger partial charge in [0.05, 0.1) is 5.71 Å². The third kappa shape index (κ3) is 4.05. The van der Waals surface area contributed by atoms with Crippen LogP contribution in [-0.4, -0.2) is 17.4 Å². The Morgan fingerprint density at radius 1 is 1.36 bits per heavy atom. The van der Waals surface area contributed by atoms with Crippen LogP contribution in [0.5, 0.6) is 0 Å². The Morgan fingerprint density at radius 3 is 2.71 bits per heavy atom. The molecule has 3 nitrogen and oxygen atoms in total. The van der Waals surface area contributed by atoms with Gasteiger partial charge in [0.25, 0.3) is 0 Å². The molecule has 0 saturated carbocycles. The minimum Gasteiger partial charge on any atom is -0.396 e. The Labute approximate surface area is 84.0 Å². The van der Waals surface area contributed by atoms with E-state index in [-0.39, 0.29) is 6.61 Å². The van der Waals surface area contributed by atoms with Gasteiger partial charge in [-0.05, 0) is 12.5 Å². The normalized spacial score (nSPS) is 11.4. The van der Waals surface area contributed by atoms with Crippen LogP contribution in [0, 0.1) is 0 Å². The van der Waals surface area contributed by atoms with Crippen molar-refractivity contribution in [3.8, 4) is 0 Å². The van der Waals surface area contributed by atoms with Gasteiger partial charge in [-0.3, -0.25) is 0 Å². The summed E-state index contributed by atoms with van der Waals surface area (Å²) in [5.41, 5.74) is 1.90. The Kier molecular flexibility index (Phi) is 4.72. The number of hydrogen-bond acceptors (Lipinski definition) is 3. The highest BCUT2D eigenvalue weighted by molar-refractivity contribution is 5.81. The lowest BCUT2D eigenvalue weighted by molar-refractivity contribution is 0.129. The van der Waals surface area contributed by atoms with Crippen LogP contribution in [0.25, 0.3) is 0 Å². The van der Waals surface area contributed by atoms with Gasteiger partial charge in [0.1, 0.15) is 6.61 Å². The van der Waals surface area contributed by atoms with Gasteiger partial charge in [0.2, 0.25) is 0 Å². The second-order valence-electron chi connectivity index (χ2n) is 3.06. The number of nitrogens with zero attached hydrogens (tertiary/aromatic N) is 1. The first-order chi connectivity index (χ1) is 6.83. The van der Waals surface area contributed by atoms with Crippen molar-refractivity contribution in [1.82, 2.24) is 0 Å². The van der Waals surface area contributed by atoms with Crippen LogP contribution in [0.15, 0.2) is 35.5 Å². The van der Waals surface area contributed by atoms with Crippen molar-refractivity contribution in [2.75, 3.05) is 6.61 Å². The van der Waals surface area contributed by atoms with Crippen LogP contribution in [0.4, 0.5) is 0 Å². The quantitative estimate of drug-likeness (QED) is 0.573. The maximum Gasteiger partial charge on any atom is 0.142 e. The molecule has 0 heterocycles. The van der Waals surface area contributed by atoms with Gasteiger partial charge in [-0.2, -0.15) is 0 Å². The number of benzene rings is 1. The van der Waals surface area contributed by atoms with Gasteiger partial charge in [-0.15, -0.1) is 0 Å². The van der Waals surface area contributed by atoms with E-state index in [2.05, 4.69) is 5.16 Å². The van der Waals surface area contributed by atoms with Crippen molar-refractivity contribution in [3.63, 3.8) is 0 Å². The fraction of sp³-hybridized carbons (Fsp3) is 0.364. The summed E-state index contributed by atoms with van der Waals surface area (Å²) in [5.74, 6) is 0. The zero-order valence-corrected chi connectivity index (χ0v) is 8.31. The average molecular weight is 193 g/mol. The Bertz CT molecular complexity index is 283. The highest BCUT2D eigenvalue weighted by Gasteiger charge is 1.92. The predicted molar refractivity (Wildman–Crippen MR) is 56.0 cm³/mol. The molecule has 0 amide bonds. The van der Waals surface area contributed by atoms with Crippen molar-refractivity contribution in [2.45, 2.75) is 20.0 Å². The third-order valence-electron chi connectivity index (χ3n) is 1.77. The van der Waals surface area contributed by atoms with E-state index in [1.807, 2.05) is 37.3 Å². The molecule has 0 aliphatic heterocycles. The lowest BCUT2D eigenvalue weighted by atomic mass is 10.2. The highest BCUT2D eigenvalue weighted by atomic mass is 16.6. The summed E-state index contributed by atoms with van der Waals surface area (Å²) >= 11 is 0. The molecule has 0 aromatic heterocycles. The van der Waals surface area contributed by atoms with Crippen LogP contribution in [0.3, 0.4) is 0 Å². The van der Waals surface area contributed by atoms with Crippen molar-refractivity contribution >= 4 is 5.71 Å². The molecule has 1 N–H and O–H groups in total. The van der Waals surface area contributed by atoms with Crippen LogP contribution >= 0.6 is 0 Å². The maximum atomic E-state index is 8.62. The number of aliphatic hydroxyl groups is 1. The first kappa shape index (κ1) is 10.7. The molecule has 0 radical (unpaired) electrons. The van der Waals surface area contributed by atoms with Gasteiger partial charge in [0, 0.05) is 13.0 Å². The third-order valence-corrected chi connectivity index (χ3v) is 1.77. The minimum atomic E-state index is 0.115. The fourth-order valence-electron chi connectivity index (χ4n) is 0.999. The molecule has 76 valence electrons. The van der Waals surface area contributed by atoms with E-state index < -0.39 is 0 Å². The average Bonchev–Trinajstić information content (AvgIpc) is 2.20. The summed E-state index contributed by atoms with van der Waals surface area (Å²) in [6.45, 7) is 2.43. The molecule has 0 aliphatic rings. The monoisotopic (exact) mass is 193 g/mol. The maximum absolute atomic E-state index is 8.62. The summed E-state index contributed by atoms with van der Waals surface area (Å²) in [6, 6.07) is 9.85. The van der Waals surface area contributed by atoms with Crippen LogP contribution in [-0.2, 0) is 11.4 Å². The number of aliphatic hydroxyl groups excluding tert-OH is 1. The second kappa shape index (κ2) is 6.16. The lowest BCUT2D eigenvalue weighted by Gasteiger charge is -2.00. The van der Waals surface area contributed by atoms with Crippen molar-refractivity contribution in [1.29, 1.82) is 0 Å². The summed E-state index contributed by atoms with van der Waals surface area (Å²) in [7, 11) is 0. The first-order valence-corrected chi connectivity index (χ1v) is 4.63. The Balaban J connectivity index is 2.31. The first-order valence-electron chi connectivity index (χ1n) is 4.63. The molecule has 1 aromatic rings. The molecular weight excluding hydrogens is 178 g/mol. The number of oxime groups is 1. The Morgan fingerprint density at radius 2 is 2.07 bits per heavy atom. The molecule has 0 fully saturated rings. The van der Waals surface area contributed by atoms with Crippen LogP contribution < -0.4 is 0 Å². The Hall–Kier alpha value is -1.35. The molecule has 0 atom stereocenters. The van der Waals surface area contributed by atoms with Gasteiger partial charge >= 0.3 is 0 Å². The number of rotatable bonds is 5. The van der Waals surface area contributed by atoms with Gasteiger partial charge in [0.15, 0.2) is 0 Å². The molecular formula is C11H15NO2. The minimum absolute atomic E-state index is 0.115.